The van der Waals surface area contributed by atoms with Crippen molar-refractivity contribution in [2.24, 2.45) is 0 Å². The molecule has 0 spiro atoms. The van der Waals surface area contributed by atoms with Gasteiger partial charge in [-0.3, -0.25) is 5.10 Å². The Bertz CT molecular complexity index is 1100. The van der Waals surface area contributed by atoms with Crippen LogP contribution in [0.25, 0.3) is 22.0 Å². The minimum Gasteiger partial charge on any atom is -0.368 e. The number of nitrogens with one attached hydrogen (secondary N) is 1. The van der Waals surface area contributed by atoms with Crippen LogP contribution in [0.5, 0.6) is 0 Å². The maximum Gasteiger partial charge on any atom is 0.140 e. The summed E-state index contributed by atoms with van der Waals surface area (Å²) in [4.78, 5) is 13.5. The molecule has 1 saturated heterocycles. The molecule has 6 nitrogen and oxygen atoms in total. The van der Waals surface area contributed by atoms with Gasteiger partial charge >= 0.3 is 0 Å². The number of aromatic nitrogens is 4. The molecule has 1 N–H and O–H groups in total. The summed E-state index contributed by atoms with van der Waals surface area (Å²) in [5, 5.41) is 7.92. The van der Waals surface area contributed by atoms with Crippen molar-refractivity contribution in [3.63, 3.8) is 0 Å². The molecule has 0 radical (unpaired) electrons. The van der Waals surface area contributed by atoms with Gasteiger partial charge in [-0.05, 0) is 35.9 Å². The van der Waals surface area contributed by atoms with Crippen molar-refractivity contribution < 1.29 is 4.39 Å². The number of piperazine rings is 1. The van der Waals surface area contributed by atoms with Crippen LogP contribution in [-0.2, 0) is 0 Å². The molecular formula is C22H23FN6. The van der Waals surface area contributed by atoms with Crippen molar-refractivity contribution in [1.29, 1.82) is 0 Å². The van der Waals surface area contributed by atoms with Crippen molar-refractivity contribution in [3.05, 3.63) is 67.0 Å². The molecule has 7 heteroatoms. The van der Waals surface area contributed by atoms with E-state index >= 15 is 0 Å². The van der Waals surface area contributed by atoms with E-state index in [2.05, 4.69) is 36.0 Å². The predicted molar refractivity (Wildman–Crippen MR) is 115 cm³/mol. The molecule has 0 unspecified atom stereocenters. The summed E-state index contributed by atoms with van der Waals surface area (Å²) in [5.74, 6) is 0.739. The maximum atomic E-state index is 13.5. The van der Waals surface area contributed by atoms with Gasteiger partial charge in [-0.1, -0.05) is 19.6 Å². The lowest BCUT2D eigenvalue weighted by molar-refractivity contribution is 0.619. The summed E-state index contributed by atoms with van der Waals surface area (Å²) in [5.41, 5.74) is 3.96. The molecule has 0 aliphatic carbocycles. The number of H-pyrrole nitrogens is 1. The first kappa shape index (κ1) is 18.9. The average molecular weight is 390 g/mol. The van der Waals surface area contributed by atoms with Gasteiger partial charge in [0.05, 0.1) is 11.7 Å². The SMILES string of the molecule is C.Fc1cccc(N2CCN(c3ncnc4ccc(-c5cn[nH]c5)cc34)CC2)c1. The van der Waals surface area contributed by atoms with Crippen LogP contribution in [0.2, 0.25) is 0 Å². The zero-order valence-corrected chi connectivity index (χ0v) is 15.2. The lowest BCUT2D eigenvalue weighted by Crippen LogP contribution is -2.47. The minimum absolute atomic E-state index is 0. The summed E-state index contributed by atoms with van der Waals surface area (Å²) < 4.78 is 13.5. The minimum atomic E-state index is -0.200. The van der Waals surface area contributed by atoms with Crippen molar-refractivity contribution in [2.45, 2.75) is 7.43 Å². The third kappa shape index (κ3) is 3.63. The van der Waals surface area contributed by atoms with Gasteiger partial charge in [-0.2, -0.15) is 5.10 Å². The lowest BCUT2D eigenvalue weighted by atomic mass is 10.1. The smallest absolute Gasteiger partial charge is 0.140 e. The fourth-order valence-electron chi connectivity index (χ4n) is 3.73. The third-order valence-corrected chi connectivity index (χ3v) is 5.20. The van der Waals surface area contributed by atoms with Gasteiger partial charge in [-0.25, -0.2) is 14.4 Å². The van der Waals surface area contributed by atoms with Crippen LogP contribution in [0.15, 0.2) is 61.2 Å². The zero-order valence-electron chi connectivity index (χ0n) is 15.2. The molecule has 148 valence electrons. The number of rotatable bonds is 3. The van der Waals surface area contributed by atoms with Gasteiger partial charge in [-0.15, -0.1) is 0 Å². The Hall–Kier alpha value is -3.48. The van der Waals surface area contributed by atoms with E-state index in [0.717, 1.165) is 59.7 Å². The first-order valence-corrected chi connectivity index (χ1v) is 9.27. The molecule has 2 aromatic carbocycles. The number of anilines is 2. The van der Waals surface area contributed by atoms with E-state index in [4.69, 9.17) is 0 Å². The largest absolute Gasteiger partial charge is 0.368 e. The summed E-state index contributed by atoms with van der Waals surface area (Å²) >= 11 is 0. The molecule has 3 heterocycles. The van der Waals surface area contributed by atoms with Gasteiger partial charge in [0.25, 0.3) is 0 Å². The third-order valence-electron chi connectivity index (χ3n) is 5.20. The van der Waals surface area contributed by atoms with Crippen LogP contribution in [0.4, 0.5) is 15.9 Å². The summed E-state index contributed by atoms with van der Waals surface area (Å²) in [6.07, 6.45) is 5.30. The Labute approximate surface area is 169 Å². The van der Waals surface area contributed by atoms with E-state index in [1.807, 2.05) is 30.6 Å². The number of fused-ring (bicyclic) bond motifs is 1. The molecule has 29 heavy (non-hydrogen) atoms. The number of nitrogens with zero attached hydrogens (tertiary/aromatic N) is 5. The Morgan fingerprint density at radius 3 is 2.48 bits per heavy atom. The van der Waals surface area contributed by atoms with Crippen molar-refractivity contribution in [1.82, 2.24) is 20.2 Å². The van der Waals surface area contributed by atoms with E-state index in [1.54, 1.807) is 18.5 Å². The molecule has 2 aromatic heterocycles. The predicted octanol–water partition coefficient (Wildman–Crippen LogP) is 4.12. The first-order chi connectivity index (χ1) is 13.8. The zero-order chi connectivity index (χ0) is 18.9. The van der Waals surface area contributed by atoms with Crippen LogP contribution in [-0.4, -0.2) is 46.3 Å². The molecular weight excluding hydrogens is 367 g/mol. The number of hydrogen-bond acceptors (Lipinski definition) is 5. The number of halogens is 1. The van der Waals surface area contributed by atoms with Crippen LogP contribution in [0, 0.1) is 5.82 Å². The second kappa shape index (κ2) is 7.87. The highest BCUT2D eigenvalue weighted by Crippen LogP contribution is 2.29. The molecule has 4 aromatic rings. The fourth-order valence-corrected chi connectivity index (χ4v) is 3.73. The average Bonchev–Trinajstić information content (AvgIpc) is 3.28. The highest BCUT2D eigenvalue weighted by molar-refractivity contribution is 5.92. The molecule has 0 saturated carbocycles. The van der Waals surface area contributed by atoms with E-state index in [0.29, 0.717) is 0 Å². The van der Waals surface area contributed by atoms with E-state index in [1.165, 1.54) is 6.07 Å². The van der Waals surface area contributed by atoms with Gasteiger partial charge in [0, 0.05) is 49.0 Å². The Kier molecular flexibility index (Phi) is 5.12. The quantitative estimate of drug-likeness (QED) is 0.570. The molecule has 1 aliphatic rings. The van der Waals surface area contributed by atoms with Crippen LogP contribution < -0.4 is 9.80 Å². The van der Waals surface area contributed by atoms with Gasteiger partial charge in [0.1, 0.15) is 18.0 Å². The topological polar surface area (TPSA) is 60.9 Å². The van der Waals surface area contributed by atoms with Crippen molar-refractivity contribution in [3.8, 4) is 11.1 Å². The molecule has 0 atom stereocenters. The number of benzene rings is 2. The molecule has 1 aliphatic heterocycles. The highest BCUT2D eigenvalue weighted by atomic mass is 19.1. The second-order valence-corrected chi connectivity index (χ2v) is 6.87. The monoisotopic (exact) mass is 390 g/mol. The fraction of sp³-hybridized carbons (Fsp3) is 0.227. The van der Waals surface area contributed by atoms with Crippen molar-refractivity contribution >= 4 is 22.4 Å². The van der Waals surface area contributed by atoms with Gasteiger partial charge in [0.15, 0.2) is 0 Å². The van der Waals surface area contributed by atoms with Crippen LogP contribution >= 0.6 is 0 Å². The van der Waals surface area contributed by atoms with E-state index in [-0.39, 0.29) is 13.2 Å². The Morgan fingerprint density at radius 1 is 0.897 bits per heavy atom. The van der Waals surface area contributed by atoms with E-state index in [9.17, 15) is 4.39 Å². The number of aromatic amines is 1. The lowest BCUT2D eigenvalue weighted by Gasteiger charge is -2.37. The number of hydrogen-bond donors (Lipinski definition) is 1. The van der Waals surface area contributed by atoms with Crippen molar-refractivity contribution in [2.75, 3.05) is 36.0 Å². The second-order valence-electron chi connectivity index (χ2n) is 6.87. The van der Waals surface area contributed by atoms with Gasteiger partial charge in [0.2, 0.25) is 0 Å². The van der Waals surface area contributed by atoms with Crippen LogP contribution in [0.1, 0.15) is 7.43 Å². The summed E-state index contributed by atoms with van der Waals surface area (Å²) in [6, 6.07) is 13.0. The normalized spacial score (nSPS) is 14.1. The summed E-state index contributed by atoms with van der Waals surface area (Å²) in [7, 11) is 0. The Balaban J connectivity index is 0.00000205. The Morgan fingerprint density at radius 2 is 1.72 bits per heavy atom. The van der Waals surface area contributed by atoms with Gasteiger partial charge < -0.3 is 9.80 Å². The van der Waals surface area contributed by atoms with E-state index < -0.39 is 0 Å². The maximum absolute atomic E-state index is 13.5. The van der Waals surface area contributed by atoms with Crippen LogP contribution in [0.3, 0.4) is 0 Å². The highest BCUT2D eigenvalue weighted by Gasteiger charge is 2.20. The standard InChI is InChI=1S/C21H19FN6.CH4/c22-17-2-1-3-18(11-17)27-6-8-28(9-7-27)21-19-10-15(16-12-25-26-13-16)4-5-20(19)23-14-24-21;/h1-5,10-14H,6-9H2,(H,25,26);1H4. The molecule has 0 amide bonds. The molecule has 1 fully saturated rings. The molecule has 0 bridgehead atoms. The summed E-state index contributed by atoms with van der Waals surface area (Å²) in [6.45, 7) is 3.27. The first-order valence-electron chi connectivity index (χ1n) is 9.27. The molecule has 5 rings (SSSR count).